The molecule has 144 valence electrons. The zero-order valence-corrected chi connectivity index (χ0v) is 16.6. The molecule has 1 heterocycles. The van der Waals surface area contributed by atoms with Crippen molar-refractivity contribution in [3.8, 4) is 11.5 Å². The summed E-state index contributed by atoms with van der Waals surface area (Å²) in [5, 5.41) is 1.97. The van der Waals surface area contributed by atoms with Crippen molar-refractivity contribution in [1.29, 1.82) is 0 Å². The molecule has 0 aliphatic carbocycles. The molecule has 3 aromatic rings. The minimum absolute atomic E-state index is 0.163. The van der Waals surface area contributed by atoms with Gasteiger partial charge in [0.25, 0.3) is 5.91 Å². The van der Waals surface area contributed by atoms with Gasteiger partial charge in [0, 0.05) is 23.6 Å². The molecule has 28 heavy (non-hydrogen) atoms. The second-order valence-corrected chi connectivity index (χ2v) is 7.21. The lowest BCUT2D eigenvalue weighted by molar-refractivity contribution is -0.132. The number of nitrogens with zero attached hydrogens (tertiary/aromatic N) is 1. The Kier molecular flexibility index (Phi) is 6.45. The molecule has 1 aromatic heterocycles. The summed E-state index contributed by atoms with van der Waals surface area (Å²) in [5.74, 6) is 0.539. The number of rotatable bonds is 8. The van der Waals surface area contributed by atoms with Crippen molar-refractivity contribution in [2.24, 2.45) is 0 Å². The third-order valence-corrected chi connectivity index (χ3v) is 5.08. The first kappa shape index (κ1) is 19.6. The van der Waals surface area contributed by atoms with Crippen LogP contribution in [0.1, 0.15) is 20.8 Å². The summed E-state index contributed by atoms with van der Waals surface area (Å²) in [6.45, 7) is 0.359. The second kappa shape index (κ2) is 9.19. The largest absolute Gasteiger partial charge is 0.497 e. The van der Waals surface area contributed by atoms with Crippen molar-refractivity contribution in [1.82, 2.24) is 4.90 Å². The zero-order valence-electron chi connectivity index (χ0n) is 15.8. The van der Waals surface area contributed by atoms with Crippen LogP contribution in [0.3, 0.4) is 0 Å². The Morgan fingerprint density at radius 3 is 2.50 bits per heavy atom. The van der Waals surface area contributed by atoms with Gasteiger partial charge in [0.2, 0.25) is 0 Å². The first-order valence-electron chi connectivity index (χ1n) is 8.75. The van der Waals surface area contributed by atoms with Crippen LogP contribution in [0, 0.1) is 0 Å². The number of amides is 1. The fourth-order valence-electron chi connectivity index (χ4n) is 2.66. The van der Waals surface area contributed by atoms with Crippen LogP contribution in [0.25, 0.3) is 0 Å². The molecule has 0 radical (unpaired) electrons. The molecule has 0 saturated heterocycles. The monoisotopic (exact) mass is 395 g/mol. The van der Waals surface area contributed by atoms with Crippen molar-refractivity contribution in [2.45, 2.75) is 6.54 Å². The number of carbonyl (C=O) groups is 2. The SMILES string of the molecule is COc1ccc(C(=O)c2ccccc2)c(OCC(=O)N(C)Cc2cccs2)c1. The van der Waals surface area contributed by atoms with Crippen LogP contribution in [0.15, 0.2) is 66.0 Å². The molecular formula is C22H21NO4S. The Morgan fingerprint density at radius 1 is 1.04 bits per heavy atom. The van der Waals surface area contributed by atoms with Crippen LogP contribution in [-0.2, 0) is 11.3 Å². The molecule has 3 rings (SSSR count). The molecule has 0 aliphatic rings. The van der Waals surface area contributed by atoms with E-state index in [0.717, 1.165) is 4.88 Å². The average molecular weight is 395 g/mol. The summed E-state index contributed by atoms with van der Waals surface area (Å²) in [7, 11) is 3.27. The van der Waals surface area contributed by atoms with Crippen molar-refractivity contribution in [3.63, 3.8) is 0 Å². The van der Waals surface area contributed by atoms with Crippen molar-refractivity contribution in [2.75, 3.05) is 20.8 Å². The van der Waals surface area contributed by atoms with Gasteiger partial charge in [0.05, 0.1) is 19.2 Å². The van der Waals surface area contributed by atoms with E-state index < -0.39 is 0 Å². The van der Waals surface area contributed by atoms with Crippen molar-refractivity contribution < 1.29 is 19.1 Å². The van der Waals surface area contributed by atoms with E-state index >= 15 is 0 Å². The van der Waals surface area contributed by atoms with Gasteiger partial charge in [-0.2, -0.15) is 0 Å². The van der Waals surface area contributed by atoms with E-state index in [2.05, 4.69) is 0 Å². The first-order valence-corrected chi connectivity index (χ1v) is 9.63. The molecular weight excluding hydrogens is 374 g/mol. The number of hydrogen-bond donors (Lipinski definition) is 0. The summed E-state index contributed by atoms with van der Waals surface area (Å²) in [6, 6.07) is 17.9. The van der Waals surface area contributed by atoms with Crippen molar-refractivity contribution >= 4 is 23.0 Å². The van der Waals surface area contributed by atoms with E-state index in [9.17, 15) is 9.59 Å². The number of ketones is 1. The standard InChI is InChI=1S/C22H21NO4S/c1-23(14-18-9-6-12-28-18)21(24)15-27-20-13-17(26-2)10-11-19(20)22(25)16-7-4-3-5-8-16/h3-13H,14-15H2,1-2H3. The summed E-state index contributed by atoms with van der Waals surface area (Å²) in [6.07, 6.45) is 0. The highest BCUT2D eigenvalue weighted by molar-refractivity contribution is 7.09. The molecule has 0 aliphatic heterocycles. The molecule has 0 unspecified atom stereocenters. The van der Waals surface area contributed by atoms with Gasteiger partial charge < -0.3 is 14.4 Å². The quantitative estimate of drug-likeness (QED) is 0.541. The van der Waals surface area contributed by atoms with E-state index in [4.69, 9.17) is 9.47 Å². The fourth-order valence-corrected chi connectivity index (χ4v) is 3.41. The maximum absolute atomic E-state index is 12.8. The number of ether oxygens (including phenoxy) is 2. The first-order chi connectivity index (χ1) is 13.6. The third kappa shape index (κ3) is 4.78. The zero-order chi connectivity index (χ0) is 19.9. The van der Waals surface area contributed by atoms with Gasteiger partial charge in [-0.05, 0) is 23.6 Å². The van der Waals surface area contributed by atoms with Crippen LogP contribution >= 0.6 is 11.3 Å². The predicted molar refractivity (Wildman–Crippen MR) is 109 cm³/mol. The van der Waals surface area contributed by atoms with Crippen LogP contribution in [0.4, 0.5) is 0 Å². The van der Waals surface area contributed by atoms with Gasteiger partial charge >= 0.3 is 0 Å². The van der Waals surface area contributed by atoms with Gasteiger partial charge in [-0.15, -0.1) is 11.3 Å². The maximum Gasteiger partial charge on any atom is 0.260 e. The number of benzene rings is 2. The van der Waals surface area contributed by atoms with E-state index in [0.29, 0.717) is 29.2 Å². The molecule has 0 spiro atoms. The molecule has 1 amide bonds. The maximum atomic E-state index is 12.8. The van der Waals surface area contributed by atoms with Crippen LogP contribution < -0.4 is 9.47 Å². The van der Waals surface area contributed by atoms with E-state index in [1.807, 2.05) is 23.6 Å². The van der Waals surface area contributed by atoms with Gasteiger partial charge in [0.15, 0.2) is 12.4 Å². The van der Waals surface area contributed by atoms with Crippen molar-refractivity contribution in [3.05, 3.63) is 82.0 Å². The molecule has 0 atom stereocenters. The lowest BCUT2D eigenvalue weighted by atomic mass is 10.0. The highest BCUT2D eigenvalue weighted by Gasteiger charge is 2.18. The fraction of sp³-hybridized carbons (Fsp3) is 0.182. The number of carbonyl (C=O) groups excluding carboxylic acids is 2. The molecule has 0 bridgehead atoms. The predicted octanol–water partition coefficient (Wildman–Crippen LogP) is 4.03. The van der Waals surface area contributed by atoms with Gasteiger partial charge in [0.1, 0.15) is 11.5 Å². The Balaban J connectivity index is 1.74. The minimum Gasteiger partial charge on any atom is -0.497 e. The topological polar surface area (TPSA) is 55.8 Å². The summed E-state index contributed by atoms with van der Waals surface area (Å²) in [5.41, 5.74) is 0.944. The minimum atomic E-state index is -0.172. The smallest absolute Gasteiger partial charge is 0.260 e. The van der Waals surface area contributed by atoms with Gasteiger partial charge in [-0.1, -0.05) is 36.4 Å². The van der Waals surface area contributed by atoms with E-state index in [1.54, 1.807) is 65.7 Å². The normalized spacial score (nSPS) is 10.4. The lowest BCUT2D eigenvalue weighted by Crippen LogP contribution is -2.30. The van der Waals surface area contributed by atoms with Gasteiger partial charge in [-0.3, -0.25) is 9.59 Å². The Morgan fingerprint density at radius 2 is 1.82 bits per heavy atom. The molecule has 0 fully saturated rings. The Labute approximate surface area is 168 Å². The third-order valence-electron chi connectivity index (χ3n) is 4.22. The summed E-state index contributed by atoms with van der Waals surface area (Å²) in [4.78, 5) is 28.0. The molecule has 0 N–H and O–H groups in total. The lowest BCUT2D eigenvalue weighted by Gasteiger charge is -2.18. The van der Waals surface area contributed by atoms with Crippen LogP contribution in [-0.4, -0.2) is 37.4 Å². The van der Waals surface area contributed by atoms with Gasteiger partial charge in [-0.25, -0.2) is 0 Å². The molecule has 2 aromatic carbocycles. The van der Waals surface area contributed by atoms with E-state index in [-0.39, 0.29) is 18.3 Å². The Bertz CT molecular complexity index is 938. The highest BCUT2D eigenvalue weighted by atomic mass is 32.1. The van der Waals surface area contributed by atoms with Crippen LogP contribution in [0.2, 0.25) is 0 Å². The average Bonchev–Trinajstić information content (AvgIpc) is 3.24. The number of thiophene rings is 1. The number of methoxy groups -OCH3 is 1. The van der Waals surface area contributed by atoms with E-state index in [1.165, 1.54) is 7.11 Å². The summed E-state index contributed by atoms with van der Waals surface area (Å²) >= 11 is 1.60. The van der Waals surface area contributed by atoms with Crippen LogP contribution in [0.5, 0.6) is 11.5 Å². The number of likely N-dealkylation sites (N-methyl/N-ethyl adjacent to an activating group) is 1. The molecule has 6 heteroatoms. The molecule has 5 nitrogen and oxygen atoms in total. The highest BCUT2D eigenvalue weighted by Crippen LogP contribution is 2.27. The second-order valence-electron chi connectivity index (χ2n) is 6.18. The Hall–Kier alpha value is -3.12. The molecule has 0 saturated carbocycles. The summed E-state index contributed by atoms with van der Waals surface area (Å²) < 4.78 is 11.0. The number of hydrogen-bond acceptors (Lipinski definition) is 5.